The van der Waals surface area contributed by atoms with E-state index in [-0.39, 0.29) is 11.3 Å². The van der Waals surface area contributed by atoms with Gasteiger partial charge in [-0.05, 0) is 23.3 Å². The minimum Gasteiger partial charge on any atom is -0.464 e. The standard InChI is InChI=1S/C19H16O2/c1-3-7-13(4-2)16-12-21-17-11-10-14-8-5-6-9-15(14)18(17)19(16)20/h3-6,8-13H,1-2,7H2. The Morgan fingerprint density at radius 2 is 1.95 bits per heavy atom. The Bertz CT molecular complexity index is 887. The van der Waals surface area contributed by atoms with Crippen LogP contribution in [0.15, 0.2) is 77.2 Å². The van der Waals surface area contributed by atoms with Gasteiger partial charge in [-0.25, -0.2) is 0 Å². The SMILES string of the molecule is C=CCC(C=C)c1coc2ccc3ccccc3c2c1=O. The zero-order valence-corrected chi connectivity index (χ0v) is 11.7. The monoisotopic (exact) mass is 276 g/mol. The van der Waals surface area contributed by atoms with Crippen molar-refractivity contribution in [1.29, 1.82) is 0 Å². The van der Waals surface area contributed by atoms with Crippen LogP contribution in [-0.4, -0.2) is 0 Å². The number of rotatable bonds is 4. The second-order valence-corrected chi connectivity index (χ2v) is 5.05. The Labute approximate surface area is 123 Å². The lowest BCUT2D eigenvalue weighted by atomic mass is 9.95. The molecule has 1 aromatic heterocycles. The van der Waals surface area contributed by atoms with E-state index in [4.69, 9.17) is 4.42 Å². The molecule has 0 bridgehead atoms. The zero-order valence-electron chi connectivity index (χ0n) is 11.7. The summed E-state index contributed by atoms with van der Waals surface area (Å²) in [4.78, 5) is 12.9. The first-order valence-corrected chi connectivity index (χ1v) is 6.93. The number of hydrogen-bond acceptors (Lipinski definition) is 2. The molecule has 0 aliphatic carbocycles. The van der Waals surface area contributed by atoms with Crippen LogP contribution in [0.3, 0.4) is 0 Å². The van der Waals surface area contributed by atoms with Gasteiger partial charge in [-0.2, -0.15) is 0 Å². The van der Waals surface area contributed by atoms with Gasteiger partial charge in [0.25, 0.3) is 0 Å². The van der Waals surface area contributed by atoms with Crippen LogP contribution in [0.25, 0.3) is 21.7 Å². The van der Waals surface area contributed by atoms with Crippen LogP contribution in [0.5, 0.6) is 0 Å². The van der Waals surface area contributed by atoms with Crippen molar-refractivity contribution in [3.05, 3.63) is 83.8 Å². The molecule has 0 spiro atoms. The predicted octanol–water partition coefficient (Wildman–Crippen LogP) is 4.79. The average molecular weight is 276 g/mol. The highest BCUT2D eigenvalue weighted by Crippen LogP contribution is 2.26. The largest absolute Gasteiger partial charge is 0.464 e. The summed E-state index contributed by atoms with van der Waals surface area (Å²) < 4.78 is 5.68. The van der Waals surface area contributed by atoms with Gasteiger partial charge < -0.3 is 4.42 Å². The van der Waals surface area contributed by atoms with Crippen LogP contribution in [-0.2, 0) is 0 Å². The molecule has 0 N–H and O–H groups in total. The van der Waals surface area contributed by atoms with E-state index in [1.54, 1.807) is 18.4 Å². The van der Waals surface area contributed by atoms with Gasteiger partial charge in [-0.15, -0.1) is 13.2 Å². The van der Waals surface area contributed by atoms with Crippen LogP contribution < -0.4 is 5.43 Å². The molecule has 3 rings (SSSR count). The summed E-state index contributed by atoms with van der Waals surface area (Å²) in [7, 11) is 0. The van der Waals surface area contributed by atoms with Crippen molar-refractivity contribution in [3.8, 4) is 0 Å². The average Bonchev–Trinajstić information content (AvgIpc) is 2.53. The molecule has 2 nitrogen and oxygen atoms in total. The second-order valence-electron chi connectivity index (χ2n) is 5.05. The Kier molecular flexibility index (Phi) is 3.44. The van der Waals surface area contributed by atoms with Gasteiger partial charge in [0, 0.05) is 11.5 Å². The van der Waals surface area contributed by atoms with E-state index < -0.39 is 0 Å². The zero-order chi connectivity index (χ0) is 14.8. The molecule has 21 heavy (non-hydrogen) atoms. The molecule has 1 heterocycles. The first-order valence-electron chi connectivity index (χ1n) is 6.93. The number of allylic oxidation sites excluding steroid dienone is 2. The Morgan fingerprint density at radius 3 is 2.71 bits per heavy atom. The summed E-state index contributed by atoms with van der Waals surface area (Å²) in [5, 5.41) is 2.60. The lowest BCUT2D eigenvalue weighted by Gasteiger charge is -2.10. The summed E-state index contributed by atoms with van der Waals surface area (Å²) in [5.74, 6) is -0.0675. The minimum atomic E-state index is -0.0675. The molecule has 0 saturated heterocycles. The maximum atomic E-state index is 12.9. The molecule has 0 aliphatic rings. The number of hydrogen-bond donors (Lipinski definition) is 0. The predicted molar refractivity (Wildman–Crippen MR) is 87.7 cm³/mol. The molecule has 2 heteroatoms. The molecule has 0 radical (unpaired) electrons. The quantitative estimate of drug-likeness (QED) is 0.506. The van der Waals surface area contributed by atoms with Gasteiger partial charge in [-0.3, -0.25) is 4.79 Å². The van der Waals surface area contributed by atoms with Crippen molar-refractivity contribution in [3.63, 3.8) is 0 Å². The topological polar surface area (TPSA) is 30.2 Å². The minimum absolute atomic E-state index is 0.0137. The van der Waals surface area contributed by atoms with Crippen molar-refractivity contribution in [1.82, 2.24) is 0 Å². The van der Waals surface area contributed by atoms with Crippen LogP contribution in [0.2, 0.25) is 0 Å². The molecule has 0 saturated carbocycles. The molecule has 104 valence electrons. The fourth-order valence-electron chi connectivity index (χ4n) is 2.69. The van der Waals surface area contributed by atoms with Gasteiger partial charge in [0.1, 0.15) is 5.58 Å². The highest BCUT2D eigenvalue weighted by atomic mass is 16.3. The molecule has 1 atom stereocenters. The normalized spacial score (nSPS) is 12.4. The van der Waals surface area contributed by atoms with E-state index >= 15 is 0 Å². The first-order chi connectivity index (χ1) is 10.3. The summed E-state index contributed by atoms with van der Waals surface area (Å²) in [6, 6.07) is 11.7. The van der Waals surface area contributed by atoms with Crippen molar-refractivity contribution >= 4 is 21.7 Å². The van der Waals surface area contributed by atoms with Gasteiger partial charge in [0.2, 0.25) is 0 Å². The van der Waals surface area contributed by atoms with Gasteiger partial charge in [-0.1, -0.05) is 42.5 Å². The Balaban J connectivity index is 2.38. The van der Waals surface area contributed by atoms with E-state index in [0.29, 0.717) is 23.0 Å². The van der Waals surface area contributed by atoms with E-state index in [2.05, 4.69) is 13.2 Å². The van der Waals surface area contributed by atoms with Crippen LogP contribution in [0, 0.1) is 0 Å². The van der Waals surface area contributed by atoms with Crippen LogP contribution >= 0.6 is 0 Å². The number of fused-ring (bicyclic) bond motifs is 3. The Hall–Kier alpha value is -2.61. The van der Waals surface area contributed by atoms with Crippen molar-refractivity contribution < 1.29 is 4.42 Å². The third kappa shape index (κ3) is 2.19. The molecular weight excluding hydrogens is 260 g/mol. The molecule has 3 aromatic rings. The maximum absolute atomic E-state index is 12.9. The third-order valence-corrected chi connectivity index (χ3v) is 3.80. The molecule has 0 fully saturated rings. The molecule has 1 unspecified atom stereocenters. The van der Waals surface area contributed by atoms with Crippen molar-refractivity contribution in [2.45, 2.75) is 12.3 Å². The van der Waals surface area contributed by atoms with Gasteiger partial charge in [0.05, 0.1) is 11.6 Å². The molecular formula is C19H16O2. The van der Waals surface area contributed by atoms with E-state index in [1.165, 1.54) is 0 Å². The molecule has 0 amide bonds. The molecule has 0 aliphatic heterocycles. The van der Waals surface area contributed by atoms with Crippen LogP contribution in [0.1, 0.15) is 17.9 Å². The summed E-state index contributed by atoms with van der Waals surface area (Å²) in [6.45, 7) is 7.55. The lowest BCUT2D eigenvalue weighted by molar-refractivity contribution is 0.587. The fourth-order valence-corrected chi connectivity index (χ4v) is 2.69. The maximum Gasteiger partial charge on any atom is 0.197 e. The number of benzene rings is 2. The van der Waals surface area contributed by atoms with Crippen molar-refractivity contribution in [2.24, 2.45) is 0 Å². The smallest absolute Gasteiger partial charge is 0.197 e. The van der Waals surface area contributed by atoms with E-state index in [9.17, 15) is 4.79 Å². The molecule has 2 aromatic carbocycles. The first kappa shape index (κ1) is 13.4. The third-order valence-electron chi connectivity index (χ3n) is 3.80. The van der Waals surface area contributed by atoms with E-state index in [0.717, 1.165) is 10.8 Å². The van der Waals surface area contributed by atoms with Gasteiger partial charge in [0.15, 0.2) is 5.43 Å². The van der Waals surface area contributed by atoms with Crippen LogP contribution in [0.4, 0.5) is 0 Å². The highest BCUT2D eigenvalue weighted by Gasteiger charge is 2.15. The lowest BCUT2D eigenvalue weighted by Crippen LogP contribution is -2.12. The summed E-state index contributed by atoms with van der Waals surface area (Å²) in [5.41, 5.74) is 1.26. The van der Waals surface area contributed by atoms with Gasteiger partial charge >= 0.3 is 0 Å². The highest BCUT2D eigenvalue weighted by molar-refractivity contribution is 6.05. The second kappa shape index (κ2) is 5.41. The Morgan fingerprint density at radius 1 is 1.14 bits per heavy atom. The van der Waals surface area contributed by atoms with Crippen molar-refractivity contribution in [2.75, 3.05) is 0 Å². The summed E-state index contributed by atoms with van der Waals surface area (Å²) in [6.07, 6.45) is 5.78. The van der Waals surface area contributed by atoms with E-state index in [1.807, 2.05) is 36.4 Å². The fraction of sp³-hybridized carbons (Fsp3) is 0.105. The summed E-state index contributed by atoms with van der Waals surface area (Å²) >= 11 is 0.